The highest BCUT2D eigenvalue weighted by Crippen LogP contribution is 2.12. The molecule has 0 rings (SSSR count). The maximum Gasteiger partial charge on any atom is 0.0743 e. The van der Waals surface area contributed by atoms with Crippen LogP contribution in [-0.4, -0.2) is 35.2 Å². The van der Waals surface area contributed by atoms with E-state index in [4.69, 9.17) is 0 Å². The van der Waals surface area contributed by atoms with E-state index >= 15 is 0 Å². The fourth-order valence-corrected chi connectivity index (χ4v) is 1.63. The predicted molar refractivity (Wildman–Crippen MR) is 67.2 cm³/mol. The molecule has 0 fully saturated rings. The minimum absolute atomic E-state index is 0.512. The molecular weight excluding hydrogens is 186 g/mol. The summed E-state index contributed by atoms with van der Waals surface area (Å²) in [6, 6.07) is 0. The lowest BCUT2D eigenvalue weighted by Crippen LogP contribution is -2.41. The molecule has 0 aliphatic rings. The van der Waals surface area contributed by atoms with Gasteiger partial charge in [-0.15, -0.1) is 0 Å². The summed E-state index contributed by atoms with van der Waals surface area (Å²) in [6.07, 6.45) is 5.78. The van der Waals surface area contributed by atoms with Crippen LogP contribution < -0.4 is 0 Å². The van der Waals surface area contributed by atoms with E-state index in [2.05, 4.69) is 25.7 Å². The molecule has 0 spiro atoms. The van der Waals surface area contributed by atoms with Gasteiger partial charge in [0.25, 0.3) is 0 Å². The largest absolute Gasteiger partial charge is 0.389 e. The molecule has 0 heterocycles. The molecule has 0 saturated heterocycles. The van der Waals surface area contributed by atoms with Gasteiger partial charge in [-0.2, -0.15) is 0 Å². The fourth-order valence-electron chi connectivity index (χ4n) is 1.63. The van der Waals surface area contributed by atoms with E-state index in [1.807, 2.05) is 6.92 Å². The summed E-state index contributed by atoms with van der Waals surface area (Å²) in [6.45, 7) is 11.5. The van der Waals surface area contributed by atoms with E-state index in [1.165, 1.54) is 25.7 Å². The molecule has 1 N–H and O–H groups in total. The van der Waals surface area contributed by atoms with Gasteiger partial charge in [0.05, 0.1) is 5.60 Å². The normalized spacial score (nSPS) is 15.6. The molecule has 2 nitrogen and oxygen atoms in total. The Morgan fingerprint density at radius 2 is 1.47 bits per heavy atom. The van der Waals surface area contributed by atoms with Crippen molar-refractivity contribution in [2.45, 2.75) is 65.4 Å². The number of hydrogen-bond acceptors (Lipinski definition) is 2. The Kier molecular flexibility index (Phi) is 8.07. The fraction of sp³-hybridized carbons (Fsp3) is 1.00. The van der Waals surface area contributed by atoms with Crippen molar-refractivity contribution in [3.05, 3.63) is 0 Å². The van der Waals surface area contributed by atoms with Crippen molar-refractivity contribution in [3.8, 4) is 0 Å². The first kappa shape index (κ1) is 14.9. The topological polar surface area (TPSA) is 23.5 Å². The van der Waals surface area contributed by atoms with Crippen molar-refractivity contribution >= 4 is 0 Å². The zero-order chi connectivity index (χ0) is 11.7. The van der Waals surface area contributed by atoms with Crippen LogP contribution >= 0.6 is 0 Å². The number of aliphatic hydroxyl groups is 1. The molecule has 0 aliphatic carbocycles. The summed E-state index contributed by atoms with van der Waals surface area (Å²) in [7, 11) is 0. The number of rotatable bonds is 9. The Labute approximate surface area is 95.7 Å². The highest BCUT2D eigenvalue weighted by molar-refractivity contribution is 4.75. The van der Waals surface area contributed by atoms with E-state index in [0.29, 0.717) is 0 Å². The smallest absolute Gasteiger partial charge is 0.0743 e. The Morgan fingerprint density at radius 3 is 1.80 bits per heavy atom. The molecule has 0 aromatic rings. The summed E-state index contributed by atoms with van der Waals surface area (Å²) >= 11 is 0. The van der Waals surface area contributed by atoms with Crippen LogP contribution in [-0.2, 0) is 0 Å². The molecule has 0 amide bonds. The molecule has 2 heteroatoms. The lowest BCUT2D eigenvalue weighted by Gasteiger charge is -2.30. The van der Waals surface area contributed by atoms with E-state index in [0.717, 1.165) is 26.1 Å². The zero-order valence-electron chi connectivity index (χ0n) is 11.1. The van der Waals surface area contributed by atoms with E-state index < -0.39 is 5.60 Å². The van der Waals surface area contributed by atoms with Gasteiger partial charge in [-0.25, -0.2) is 0 Å². The third-order valence-electron chi connectivity index (χ3n) is 2.98. The molecule has 0 aliphatic heterocycles. The molecule has 0 saturated carbocycles. The van der Waals surface area contributed by atoms with Crippen LogP contribution in [0.5, 0.6) is 0 Å². The Balaban J connectivity index is 3.98. The van der Waals surface area contributed by atoms with Crippen molar-refractivity contribution in [1.29, 1.82) is 0 Å². The van der Waals surface area contributed by atoms with Gasteiger partial charge in [0.15, 0.2) is 0 Å². The molecule has 1 atom stereocenters. The monoisotopic (exact) mass is 215 g/mol. The predicted octanol–water partition coefficient (Wildman–Crippen LogP) is 3.05. The van der Waals surface area contributed by atoms with Crippen LogP contribution in [0.3, 0.4) is 0 Å². The summed E-state index contributed by atoms with van der Waals surface area (Å²) in [5, 5.41) is 10.1. The van der Waals surface area contributed by atoms with E-state index in [1.54, 1.807) is 0 Å². The molecule has 0 bridgehead atoms. The first-order valence-corrected chi connectivity index (χ1v) is 6.50. The Hall–Kier alpha value is -0.0800. The first-order valence-electron chi connectivity index (χ1n) is 6.50. The summed E-state index contributed by atoms with van der Waals surface area (Å²) in [5.74, 6) is 0. The van der Waals surface area contributed by atoms with Gasteiger partial charge in [0.2, 0.25) is 0 Å². The highest BCUT2D eigenvalue weighted by Gasteiger charge is 2.20. The molecule has 1 unspecified atom stereocenters. The third-order valence-corrected chi connectivity index (χ3v) is 2.98. The highest BCUT2D eigenvalue weighted by atomic mass is 16.3. The van der Waals surface area contributed by atoms with Crippen LogP contribution in [0.2, 0.25) is 0 Å². The summed E-state index contributed by atoms with van der Waals surface area (Å²) in [4.78, 5) is 2.41. The molecule has 0 radical (unpaired) electrons. The van der Waals surface area contributed by atoms with Crippen molar-refractivity contribution in [1.82, 2.24) is 4.90 Å². The second kappa shape index (κ2) is 8.12. The Morgan fingerprint density at radius 1 is 1.00 bits per heavy atom. The van der Waals surface area contributed by atoms with Gasteiger partial charge in [0.1, 0.15) is 0 Å². The minimum atomic E-state index is -0.512. The van der Waals surface area contributed by atoms with Crippen molar-refractivity contribution in [2.75, 3.05) is 19.6 Å². The van der Waals surface area contributed by atoms with Crippen molar-refractivity contribution in [2.24, 2.45) is 0 Å². The van der Waals surface area contributed by atoms with Crippen molar-refractivity contribution in [3.63, 3.8) is 0 Å². The summed E-state index contributed by atoms with van der Waals surface area (Å²) < 4.78 is 0. The lowest BCUT2D eigenvalue weighted by molar-refractivity contribution is 0.0156. The molecule has 0 aromatic heterocycles. The third kappa shape index (κ3) is 7.80. The first-order chi connectivity index (χ1) is 7.05. The maximum absolute atomic E-state index is 10.1. The van der Waals surface area contributed by atoms with Gasteiger partial charge in [-0.1, -0.05) is 33.6 Å². The van der Waals surface area contributed by atoms with Crippen LogP contribution in [0.25, 0.3) is 0 Å². The van der Waals surface area contributed by atoms with Crippen LogP contribution in [0.4, 0.5) is 0 Å². The van der Waals surface area contributed by atoms with E-state index in [9.17, 15) is 5.11 Å². The second-order valence-electron chi connectivity index (χ2n) is 4.83. The molecule has 92 valence electrons. The quantitative estimate of drug-likeness (QED) is 0.639. The second-order valence-corrected chi connectivity index (χ2v) is 4.83. The average molecular weight is 215 g/mol. The van der Waals surface area contributed by atoms with Crippen molar-refractivity contribution < 1.29 is 5.11 Å². The number of hydrogen-bond donors (Lipinski definition) is 1. The molecule has 0 aromatic carbocycles. The van der Waals surface area contributed by atoms with Crippen LogP contribution in [0.15, 0.2) is 0 Å². The maximum atomic E-state index is 10.1. The number of unbranched alkanes of at least 4 members (excludes halogenated alkanes) is 2. The minimum Gasteiger partial charge on any atom is -0.389 e. The summed E-state index contributed by atoms with van der Waals surface area (Å²) in [5.41, 5.74) is -0.512. The van der Waals surface area contributed by atoms with Crippen LogP contribution in [0.1, 0.15) is 59.8 Å². The van der Waals surface area contributed by atoms with Gasteiger partial charge in [0, 0.05) is 6.54 Å². The van der Waals surface area contributed by atoms with Gasteiger partial charge >= 0.3 is 0 Å². The zero-order valence-corrected chi connectivity index (χ0v) is 11.1. The lowest BCUT2D eigenvalue weighted by atomic mass is 10.0. The average Bonchev–Trinajstić information content (AvgIpc) is 2.22. The molecular formula is C13H29NO. The standard InChI is InChI=1S/C13H29NO/c1-5-8-10-14(11-9-6-2)12-13(4,15)7-3/h15H,5-12H2,1-4H3. The van der Waals surface area contributed by atoms with E-state index in [-0.39, 0.29) is 0 Å². The van der Waals surface area contributed by atoms with Gasteiger partial charge in [-0.05, 0) is 39.3 Å². The Bertz CT molecular complexity index is 137. The van der Waals surface area contributed by atoms with Crippen LogP contribution in [0, 0.1) is 0 Å². The van der Waals surface area contributed by atoms with Gasteiger partial charge < -0.3 is 10.0 Å². The van der Waals surface area contributed by atoms with Gasteiger partial charge in [-0.3, -0.25) is 0 Å². The molecule has 15 heavy (non-hydrogen) atoms. The number of nitrogens with zero attached hydrogens (tertiary/aromatic N) is 1. The SMILES string of the molecule is CCCCN(CCCC)CC(C)(O)CC.